The fraction of sp³-hybridized carbons (Fsp3) is 0.333. The number of Topliss-reactive ketones (excluding diaryl/α,β-unsaturated/α-hetero) is 1. The minimum Gasteiger partial charge on any atom is -0.345 e. The highest BCUT2D eigenvalue weighted by molar-refractivity contribution is 8.01. The summed E-state index contributed by atoms with van der Waals surface area (Å²) in [7, 11) is 0. The summed E-state index contributed by atoms with van der Waals surface area (Å²) >= 11 is 2.78. The third-order valence-electron chi connectivity index (χ3n) is 2.94. The number of carbonyl (C=O) groups is 2. The molecular weight excluding hydrogens is 318 g/mol. The average Bonchev–Trinajstić information content (AvgIpc) is 2.91. The van der Waals surface area contributed by atoms with Crippen LogP contribution in [0.1, 0.15) is 17.5 Å². The van der Waals surface area contributed by atoms with Crippen molar-refractivity contribution in [1.29, 1.82) is 0 Å². The number of thioether (sulfide) groups is 1. The van der Waals surface area contributed by atoms with Crippen LogP contribution in [0.15, 0.2) is 34.7 Å². The van der Waals surface area contributed by atoms with Gasteiger partial charge < -0.3 is 5.32 Å². The lowest BCUT2D eigenvalue weighted by molar-refractivity contribution is -0.125. The van der Waals surface area contributed by atoms with E-state index in [1.807, 2.05) is 37.3 Å². The van der Waals surface area contributed by atoms with Crippen molar-refractivity contribution in [3.63, 3.8) is 0 Å². The summed E-state index contributed by atoms with van der Waals surface area (Å²) in [5.74, 6) is 0.00987. The molecule has 0 saturated heterocycles. The highest BCUT2D eigenvalue weighted by Crippen LogP contribution is 2.21. The van der Waals surface area contributed by atoms with Crippen LogP contribution in [0, 0.1) is 6.92 Å². The Bertz CT molecular complexity index is 643. The highest BCUT2D eigenvalue weighted by Gasteiger charge is 2.18. The number of nitrogens with one attached hydrogen (secondary N) is 1. The molecule has 0 unspecified atom stereocenters. The van der Waals surface area contributed by atoms with Crippen LogP contribution in [0.2, 0.25) is 0 Å². The summed E-state index contributed by atoms with van der Waals surface area (Å²) in [6, 6.07) is 9.16. The van der Waals surface area contributed by atoms with Crippen LogP contribution >= 0.6 is 23.1 Å². The van der Waals surface area contributed by atoms with Crippen molar-refractivity contribution in [2.45, 2.75) is 30.6 Å². The lowest BCUT2D eigenvalue weighted by atomic mass is 10.0. The molecule has 116 valence electrons. The second-order valence-corrected chi connectivity index (χ2v) is 7.20. The van der Waals surface area contributed by atoms with Crippen molar-refractivity contribution < 1.29 is 9.59 Å². The van der Waals surface area contributed by atoms with Gasteiger partial charge in [-0.2, -0.15) is 0 Å². The first-order valence-electron chi connectivity index (χ1n) is 6.81. The molecule has 22 heavy (non-hydrogen) atoms. The molecule has 0 saturated carbocycles. The number of nitrogens with zero attached hydrogens (tertiary/aromatic N) is 2. The Balaban J connectivity index is 1.87. The first-order chi connectivity index (χ1) is 10.5. The van der Waals surface area contributed by atoms with Gasteiger partial charge in [0, 0.05) is 0 Å². The van der Waals surface area contributed by atoms with Gasteiger partial charge >= 0.3 is 0 Å². The molecule has 0 aliphatic rings. The number of rotatable bonds is 7. The molecule has 0 spiro atoms. The van der Waals surface area contributed by atoms with Gasteiger partial charge in [0.1, 0.15) is 5.01 Å². The number of ketones is 1. The molecule has 2 aromatic rings. The molecule has 1 N–H and O–H groups in total. The first-order valence-corrected chi connectivity index (χ1v) is 8.61. The second-order valence-electron chi connectivity index (χ2n) is 4.80. The van der Waals surface area contributed by atoms with Gasteiger partial charge in [-0.05, 0) is 25.8 Å². The molecule has 1 atom stereocenters. The number of carbonyl (C=O) groups excluding carboxylic acids is 2. The van der Waals surface area contributed by atoms with E-state index in [9.17, 15) is 9.59 Å². The number of aromatic nitrogens is 2. The highest BCUT2D eigenvalue weighted by atomic mass is 32.2. The zero-order valence-corrected chi connectivity index (χ0v) is 14.0. The van der Waals surface area contributed by atoms with Gasteiger partial charge in [0.25, 0.3) is 0 Å². The minimum atomic E-state index is -0.494. The van der Waals surface area contributed by atoms with Gasteiger partial charge in [0.2, 0.25) is 5.91 Å². The molecule has 0 aliphatic heterocycles. The second kappa shape index (κ2) is 8.05. The van der Waals surface area contributed by atoms with Gasteiger partial charge in [-0.3, -0.25) is 9.59 Å². The summed E-state index contributed by atoms with van der Waals surface area (Å²) < 4.78 is 0.759. The average molecular weight is 335 g/mol. The predicted octanol–water partition coefficient (Wildman–Crippen LogP) is 2.26. The van der Waals surface area contributed by atoms with Crippen molar-refractivity contribution in [3.8, 4) is 0 Å². The maximum Gasteiger partial charge on any atom is 0.231 e. The lowest BCUT2D eigenvalue weighted by Gasteiger charge is -2.15. The normalized spacial score (nSPS) is 11.9. The van der Waals surface area contributed by atoms with Crippen molar-refractivity contribution >= 4 is 34.8 Å². The van der Waals surface area contributed by atoms with E-state index >= 15 is 0 Å². The van der Waals surface area contributed by atoms with Gasteiger partial charge in [-0.1, -0.05) is 53.4 Å². The van der Waals surface area contributed by atoms with Gasteiger partial charge in [-0.15, -0.1) is 10.2 Å². The molecule has 0 aliphatic carbocycles. The molecule has 7 heteroatoms. The molecule has 0 radical (unpaired) electrons. The number of benzene rings is 1. The van der Waals surface area contributed by atoms with Gasteiger partial charge in [0.15, 0.2) is 10.1 Å². The van der Waals surface area contributed by atoms with Crippen LogP contribution in [-0.4, -0.2) is 33.7 Å². The zero-order chi connectivity index (χ0) is 15.9. The van der Waals surface area contributed by atoms with Crippen molar-refractivity contribution in [1.82, 2.24) is 15.5 Å². The quantitative estimate of drug-likeness (QED) is 0.786. The Hall–Kier alpha value is -1.73. The number of amides is 1. The van der Waals surface area contributed by atoms with E-state index < -0.39 is 6.04 Å². The largest absolute Gasteiger partial charge is 0.345 e. The third kappa shape index (κ3) is 5.23. The summed E-state index contributed by atoms with van der Waals surface area (Å²) in [6.45, 7) is 3.36. The van der Waals surface area contributed by atoms with Crippen LogP contribution in [0.25, 0.3) is 0 Å². The van der Waals surface area contributed by atoms with E-state index in [1.165, 1.54) is 30.0 Å². The monoisotopic (exact) mass is 335 g/mol. The van der Waals surface area contributed by atoms with Gasteiger partial charge in [0.05, 0.1) is 11.8 Å². The molecule has 0 fully saturated rings. The molecule has 0 bridgehead atoms. The lowest BCUT2D eigenvalue weighted by Crippen LogP contribution is -2.42. The summed E-state index contributed by atoms with van der Waals surface area (Å²) in [4.78, 5) is 23.7. The predicted molar refractivity (Wildman–Crippen MR) is 88.1 cm³/mol. The van der Waals surface area contributed by atoms with Gasteiger partial charge in [-0.25, -0.2) is 0 Å². The van der Waals surface area contributed by atoms with E-state index in [0.717, 1.165) is 14.9 Å². The Kier molecular flexibility index (Phi) is 6.09. The maximum atomic E-state index is 12.0. The minimum absolute atomic E-state index is 0.0473. The van der Waals surface area contributed by atoms with Crippen LogP contribution in [-0.2, 0) is 16.0 Å². The van der Waals surface area contributed by atoms with Crippen molar-refractivity contribution in [2.75, 3.05) is 5.75 Å². The zero-order valence-electron chi connectivity index (χ0n) is 12.4. The maximum absolute atomic E-state index is 12.0. The smallest absolute Gasteiger partial charge is 0.231 e. The fourth-order valence-electron chi connectivity index (χ4n) is 1.85. The van der Waals surface area contributed by atoms with Crippen LogP contribution in [0.4, 0.5) is 0 Å². The Labute approximate surface area is 137 Å². The molecule has 1 aromatic carbocycles. The molecule has 2 rings (SSSR count). The number of hydrogen-bond acceptors (Lipinski definition) is 6. The van der Waals surface area contributed by atoms with E-state index in [0.29, 0.717) is 6.42 Å². The molecular formula is C15H17N3O2S2. The molecule has 1 heterocycles. The number of aryl methyl sites for hydroxylation is 1. The van der Waals surface area contributed by atoms with Crippen molar-refractivity contribution in [2.24, 2.45) is 0 Å². The van der Waals surface area contributed by atoms with Crippen LogP contribution in [0.5, 0.6) is 0 Å². The Morgan fingerprint density at radius 2 is 2.00 bits per heavy atom. The SMILES string of the molecule is CC(=O)[C@H](Cc1ccccc1)NC(=O)CSc1nnc(C)s1. The Morgan fingerprint density at radius 3 is 2.59 bits per heavy atom. The van der Waals surface area contributed by atoms with E-state index in [-0.39, 0.29) is 17.4 Å². The van der Waals surface area contributed by atoms with Crippen LogP contribution < -0.4 is 5.32 Å². The fourth-order valence-corrected chi connectivity index (χ4v) is 3.47. The third-order valence-corrected chi connectivity index (χ3v) is 4.91. The van der Waals surface area contributed by atoms with E-state index in [1.54, 1.807) is 0 Å². The first kappa shape index (κ1) is 16.6. The standard InChI is InChI=1S/C15H17N3O2S2/c1-10(19)13(8-12-6-4-3-5-7-12)16-14(20)9-21-15-18-17-11(2)22-15/h3-7,13H,8-9H2,1-2H3,(H,16,20)/t13-/m0/s1. The van der Waals surface area contributed by atoms with E-state index in [4.69, 9.17) is 0 Å². The number of hydrogen-bond donors (Lipinski definition) is 1. The van der Waals surface area contributed by atoms with E-state index in [2.05, 4.69) is 15.5 Å². The molecule has 1 amide bonds. The topological polar surface area (TPSA) is 72.0 Å². The summed E-state index contributed by atoms with van der Waals surface area (Å²) in [6.07, 6.45) is 0.504. The summed E-state index contributed by atoms with van der Waals surface area (Å²) in [5, 5.41) is 11.5. The summed E-state index contributed by atoms with van der Waals surface area (Å²) in [5.41, 5.74) is 1.02. The van der Waals surface area contributed by atoms with Crippen LogP contribution in [0.3, 0.4) is 0 Å². The van der Waals surface area contributed by atoms with Crippen molar-refractivity contribution in [3.05, 3.63) is 40.9 Å². The molecule has 1 aromatic heterocycles. The molecule has 5 nitrogen and oxygen atoms in total. The Morgan fingerprint density at radius 1 is 1.27 bits per heavy atom.